The van der Waals surface area contributed by atoms with Crippen LogP contribution >= 0.6 is 0 Å². The van der Waals surface area contributed by atoms with E-state index in [1.165, 1.54) is 5.56 Å². The average molecular weight is 235 g/mol. The summed E-state index contributed by atoms with van der Waals surface area (Å²) in [6.45, 7) is 6.73. The van der Waals surface area contributed by atoms with Gasteiger partial charge in [-0.25, -0.2) is 0 Å². The maximum absolute atomic E-state index is 10.0. The highest BCUT2D eigenvalue weighted by Gasteiger charge is 2.19. The van der Waals surface area contributed by atoms with E-state index in [1.54, 1.807) is 0 Å². The SMILES string of the molecule is CCCC(NCC(C)(O)CC)c1ccccc1. The summed E-state index contributed by atoms with van der Waals surface area (Å²) < 4.78 is 0. The fourth-order valence-electron chi connectivity index (χ4n) is 1.83. The van der Waals surface area contributed by atoms with Crippen molar-refractivity contribution in [2.45, 2.75) is 51.7 Å². The normalized spacial score (nSPS) is 16.5. The standard InChI is InChI=1S/C15H25NO/c1-4-9-14(13-10-7-6-8-11-13)16-12-15(3,17)5-2/h6-8,10-11,14,16-17H,4-5,9,12H2,1-3H3. The molecular weight excluding hydrogens is 210 g/mol. The van der Waals surface area contributed by atoms with Crippen LogP contribution in [0.5, 0.6) is 0 Å². The van der Waals surface area contributed by atoms with Crippen molar-refractivity contribution in [1.82, 2.24) is 5.32 Å². The Bertz CT molecular complexity index is 308. The summed E-state index contributed by atoms with van der Waals surface area (Å²) in [6, 6.07) is 10.8. The predicted octanol–water partition coefficient (Wildman–Crippen LogP) is 3.28. The first-order valence-electron chi connectivity index (χ1n) is 6.59. The molecule has 0 radical (unpaired) electrons. The molecule has 0 aliphatic rings. The minimum atomic E-state index is -0.610. The second-order valence-corrected chi connectivity index (χ2v) is 4.98. The molecule has 0 aromatic heterocycles. The van der Waals surface area contributed by atoms with Crippen LogP contribution in [0.25, 0.3) is 0 Å². The van der Waals surface area contributed by atoms with Crippen LogP contribution in [0.3, 0.4) is 0 Å². The fraction of sp³-hybridized carbons (Fsp3) is 0.600. The van der Waals surface area contributed by atoms with Crippen LogP contribution in [0.2, 0.25) is 0 Å². The molecule has 0 amide bonds. The van der Waals surface area contributed by atoms with E-state index < -0.39 is 5.60 Å². The van der Waals surface area contributed by atoms with Crippen molar-refractivity contribution in [3.63, 3.8) is 0 Å². The van der Waals surface area contributed by atoms with Crippen molar-refractivity contribution >= 4 is 0 Å². The molecule has 1 aromatic carbocycles. The minimum Gasteiger partial charge on any atom is -0.389 e. The molecule has 0 spiro atoms. The van der Waals surface area contributed by atoms with Crippen LogP contribution in [0.15, 0.2) is 30.3 Å². The third-order valence-electron chi connectivity index (χ3n) is 3.27. The monoisotopic (exact) mass is 235 g/mol. The van der Waals surface area contributed by atoms with Gasteiger partial charge in [-0.1, -0.05) is 50.6 Å². The van der Waals surface area contributed by atoms with Gasteiger partial charge in [0.2, 0.25) is 0 Å². The van der Waals surface area contributed by atoms with Crippen LogP contribution < -0.4 is 5.32 Å². The molecule has 0 bridgehead atoms. The quantitative estimate of drug-likeness (QED) is 0.760. The van der Waals surface area contributed by atoms with Crippen LogP contribution in [0, 0.1) is 0 Å². The van der Waals surface area contributed by atoms with Gasteiger partial charge in [0.15, 0.2) is 0 Å². The first-order chi connectivity index (χ1) is 8.09. The summed E-state index contributed by atoms with van der Waals surface area (Å²) in [7, 11) is 0. The highest BCUT2D eigenvalue weighted by Crippen LogP contribution is 2.19. The molecule has 2 atom stereocenters. The van der Waals surface area contributed by atoms with Gasteiger partial charge in [-0.05, 0) is 25.3 Å². The molecule has 2 nitrogen and oxygen atoms in total. The third-order valence-corrected chi connectivity index (χ3v) is 3.27. The first kappa shape index (κ1) is 14.2. The Labute approximate surface area is 105 Å². The van der Waals surface area contributed by atoms with E-state index >= 15 is 0 Å². The second kappa shape index (κ2) is 6.77. The molecule has 0 aliphatic carbocycles. The summed E-state index contributed by atoms with van der Waals surface area (Å²) in [6.07, 6.45) is 3.01. The molecule has 0 fully saturated rings. The minimum absolute atomic E-state index is 0.347. The zero-order chi connectivity index (χ0) is 12.7. The van der Waals surface area contributed by atoms with E-state index in [4.69, 9.17) is 0 Å². The van der Waals surface area contributed by atoms with E-state index in [-0.39, 0.29) is 0 Å². The third kappa shape index (κ3) is 4.88. The van der Waals surface area contributed by atoms with E-state index in [0.717, 1.165) is 19.3 Å². The van der Waals surface area contributed by atoms with Gasteiger partial charge >= 0.3 is 0 Å². The maximum atomic E-state index is 10.0. The van der Waals surface area contributed by atoms with Gasteiger partial charge in [-0.3, -0.25) is 0 Å². The van der Waals surface area contributed by atoms with Crippen LogP contribution in [0.4, 0.5) is 0 Å². The van der Waals surface area contributed by atoms with E-state index in [1.807, 2.05) is 19.9 Å². The largest absolute Gasteiger partial charge is 0.389 e. The lowest BCUT2D eigenvalue weighted by molar-refractivity contribution is 0.0524. The predicted molar refractivity (Wildman–Crippen MR) is 73.0 cm³/mol. The van der Waals surface area contributed by atoms with Gasteiger partial charge < -0.3 is 10.4 Å². The average Bonchev–Trinajstić information content (AvgIpc) is 2.35. The second-order valence-electron chi connectivity index (χ2n) is 4.98. The lowest BCUT2D eigenvalue weighted by atomic mass is 9.99. The summed E-state index contributed by atoms with van der Waals surface area (Å²) >= 11 is 0. The van der Waals surface area contributed by atoms with E-state index in [0.29, 0.717) is 12.6 Å². The molecule has 0 heterocycles. The summed E-state index contributed by atoms with van der Waals surface area (Å²) in [4.78, 5) is 0. The van der Waals surface area contributed by atoms with Crippen molar-refractivity contribution in [2.24, 2.45) is 0 Å². The first-order valence-corrected chi connectivity index (χ1v) is 6.59. The van der Waals surface area contributed by atoms with Crippen molar-refractivity contribution in [1.29, 1.82) is 0 Å². The van der Waals surface area contributed by atoms with Crippen LogP contribution in [-0.4, -0.2) is 17.3 Å². The number of benzene rings is 1. The number of nitrogens with one attached hydrogen (secondary N) is 1. The highest BCUT2D eigenvalue weighted by atomic mass is 16.3. The molecule has 2 heteroatoms. The molecule has 17 heavy (non-hydrogen) atoms. The lowest BCUT2D eigenvalue weighted by Crippen LogP contribution is -2.38. The molecule has 0 saturated heterocycles. The van der Waals surface area contributed by atoms with E-state index in [9.17, 15) is 5.11 Å². The molecule has 0 saturated carbocycles. The Kier molecular flexibility index (Phi) is 5.66. The molecular formula is C15H25NO. The number of hydrogen-bond donors (Lipinski definition) is 2. The smallest absolute Gasteiger partial charge is 0.0741 e. The van der Waals surface area contributed by atoms with Gasteiger partial charge in [-0.2, -0.15) is 0 Å². The lowest BCUT2D eigenvalue weighted by Gasteiger charge is -2.26. The topological polar surface area (TPSA) is 32.3 Å². The van der Waals surface area contributed by atoms with Crippen LogP contribution in [-0.2, 0) is 0 Å². The molecule has 96 valence electrons. The Morgan fingerprint density at radius 2 is 1.88 bits per heavy atom. The number of aliphatic hydroxyl groups is 1. The number of rotatable bonds is 7. The van der Waals surface area contributed by atoms with Crippen molar-refractivity contribution in [3.05, 3.63) is 35.9 Å². The Morgan fingerprint density at radius 3 is 2.41 bits per heavy atom. The molecule has 2 N–H and O–H groups in total. The molecule has 1 aromatic rings. The van der Waals surface area contributed by atoms with Crippen LogP contribution in [0.1, 0.15) is 51.6 Å². The highest BCUT2D eigenvalue weighted by molar-refractivity contribution is 5.18. The Balaban J connectivity index is 2.61. The van der Waals surface area contributed by atoms with E-state index in [2.05, 4.69) is 36.5 Å². The zero-order valence-corrected chi connectivity index (χ0v) is 11.2. The zero-order valence-electron chi connectivity index (χ0n) is 11.2. The molecule has 0 aliphatic heterocycles. The summed E-state index contributed by atoms with van der Waals surface area (Å²) in [5, 5.41) is 13.5. The van der Waals surface area contributed by atoms with Gasteiger partial charge in [0, 0.05) is 12.6 Å². The van der Waals surface area contributed by atoms with Crippen molar-refractivity contribution < 1.29 is 5.11 Å². The summed E-state index contributed by atoms with van der Waals surface area (Å²) in [5.41, 5.74) is 0.696. The van der Waals surface area contributed by atoms with Gasteiger partial charge in [0.25, 0.3) is 0 Å². The number of hydrogen-bond acceptors (Lipinski definition) is 2. The maximum Gasteiger partial charge on any atom is 0.0741 e. The van der Waals surface area contributed by atoms with Crippen molar-refractivity contribution in [2.75, 3.05) is 6.54 Å². The molecule has 1 rings (SSSR count). The Morgan fingerprint density at radius 1 is 1.24 bits per heavy atom. The fourth-order valence-corrected chi connectivity index (χ4v) is 1.83. The van der Waals surface area contributed by atoms with Gasteiger partial charge in [0.1, 0.15) is 0 Å². The van der Waals surface area contributed by atoms with Gasteiger partial charge in [-0.15, -0.1) is 0 Å². The molecule has 2 unspecified atom stereocenters. The van der Waals surface area contributed by atoms with Crippen molar-refractivity contribution in [3.8, 4) is 0 Å². The summed E-state index contributed by atoms with van der Waals surface area (Å²) in [5.74, 6) is 0. The van der Waals surface area contributed by atoms with Gasteiger partial charge in [0.05, 0.1) is 5.60 Å². The Hall–Kier alpha value is -0.860.